The summed E-state index contributed by atoms with van der Waals surface area (Å²) in [5.41, 5.74) is 1.85. The summed E-state index contributed by atoms with van der Waals surface area (Å²) in [4.78, 5) is 12.8. The second-order valence-electron chi connectivity index (χ2n) is 7.42. The summed E-state index contributed by atoms with van der Waals surface area (Å²) in [5, 5.41) is 7.34. The van der Waals surface area contributed by atoms with E-state index in [1.165, 1.54) is 6.42 Å². The van der Waals surface area contributed by atoms with Crippen LogP contribution < -0.4 is 5.32 Å². The summed E-state index contributed by atoms with van der Waals surface area (Å²) >= 11 is 0. The van der Waals surface area contributed by atoms with E-state index in [0.717, 1.165) is 24.2 Å². The van der Waals surface area contributed by atoms with Crippen LogP contribution in [0.5, 0.6) is 0 Å². The highest BCUT2D eigenvalue weighted by molar-refractivity contribution is 5.92. The van der Waals surface area contributed by atoms with Crippen molar-refractivity contribution in [1.82, 2.24) is 9.78 Å². The normalized spacial score (nSPS) is 24.1. The highest BCUT2D eigenvalue weighted by Gasteiger charge is 2.35. The first-order valence-corrected chi connectivity index (χ1v) is 8.95. The van der Waals surface area contributed by atoms with E-state index >= 15 is 0 Å². The van der Waals surface area contributed by atoms with Crippen molar-refractivity contribution < 1.29 is 4.79 Å². The molecule has 3 rings (SSSR count). The van der Waals surface area contributed by atoms with Gasteiger partial charge >= 0.3 is 0 Å². The van der Waals surface area contributed by atoms with Gasteiger partial charge in [-0.1, -0.05) is 27.2 Å². The summed E-state index contributed by atoms with van der Waals surface area (Å²) in [5.74, 6) is 1.98. The van der Waals surface area contributed by atoms with Gasteiger partial charge in [0.05, 0.1) is 5.69 Å². The Morgan fingerprint density at radius 3 is 2.62 bits per heavy atom. The predicted octanol–water partition coefficient (Wildman–Crippen LogP) is 4.52. The van der Waals surface area contributed by atoms with Crippen LogP contribution in [0.3, 0.4) is 0 Å². The van der Waals surface area contributed by atoms with E-state index in [0.29, 0.717) is 17.8 Å². The Morgan fingerprint density at radius 1 is 1.25 bits per heavy atom. The average Bonchev–Trinajstić information content (AvgIpc) is 3.09. The van der Waals surface area contributed by atoms with Gasteiger partial charge in [-0.05, 0) is 60.9 Å². The number of hydrogen-bond acceptors (Lipinski definition) is 2. The van der Waals surface area contributed by atoms with Gasteiger partial charge in [-0.3, -0.25) is 4.79 Å². The minimum atomic E-state index is 0.125. The van der Waals surface area contributed by atoms with Gasteiger partial charge in [0.2, 0.25) is 5.91 Å². The van der Waals surface area contributed by atoms with Crippen molar-refractivity contribution in [2.45, 2.75) is 40.0 Å². The molecular weight excluding hydrogens is 298 g/mol. The zero-order valence-electron chi connectivity index (χ0n) is 14.8. The van der Waals surface area contributed by atoms with E-state index < -0.39 is 0 Å². The zero-order chi connectivity index (χ0) is 17.1. The smallest absolute Gasteiger partial charge is 0.227 e. The molecule has 0 radical (unpaired) electrons. The highest BCUT2D eigenvalue weighted by atomic mass is 16.1. The first-order chi connectivity index (χ1) is 11.5. The number of anilines is 1. The SMILES string of the molecule is CC1CCC(C(C)C)C(C(=O)Nc2ccc(-n3cccn3)cc2)C1. The van der Waals surface area contributed by atoms with Crippen LogP contribution in [0, 0.1) is 23.7 Å². The third kappa shape index (κ3) is 3.69. The number of amides is 1. The number of hydrogen-bond donors (Lipinski definition) is 1. The largest absolute Gasteiger partial charge is 0.326 e. The van der Waals surface area contributed by atoms with Crippen LogP contribution >= 0.6 is 0 Å². The Balaban J connectivity index is 1.69. The van der Waals surface area contributed by atoms with Crippen LogP contribution in [0.4, 0.5) is 5.69 Å². The fraction of sp³-hybridized carbons (Fsp3) is 0.500. The molecule has 3 unspecified atom stereocenters. The molecule has 1 aliphatic rings. The van der Waals surface area contributed by atoms with Gasteiger partial charge in [0.15, 0.2) is 0 Å². The molecule has 1 amide bonds. The van der Waals surface area contributed by atoms with Crippen LogP contribution in [0.15, 0.2) is 42.7 Å². The van der Waals surface area contributed by atoms with Crippen molar-refractivity contribution in [3.05, 3.63) is 42.7 Å². The monoisotopic (exact) mass is 325 g/mol. The van der Waals surface area contributed by atoms with E-state index in [1.807, 2.05) is 41.2 Å². The maximum Gasteiger partial charge on any atom is 0.227 e. The summed E-state index contributed by atoms with van der Waals surface area (Å²) in [6.45, 7) is 6.73. The van der Waals surface area contributed by atoms with Gasteiger partial charge in [-0.25, -0.2) is 4.68 Å². The lowest BCUT2D eigenvalue weighted by molar-refractivity contribution is -0.123. The molecule has 1 heterocycles. The van der Waals surface area contributed by atoms with Gasteiger partial charge in [0.1, 0.15) is 0 Å². The molecule has 1 N–H and O–H groups in total. The Bertz CT molecular complexity index is 661. The maximum atomic E-state index is 12.8. The molecular formula is C20H27N3O. The average molecular weight is 325 g/mol. The molecule has 1 saturated carbocycles. The van der Waals surface area contributed by atoms with Crippen molar-refractivity contribution in [2.24, 2.45) is 23.7 Å². The maximum absolute atomic E-state index is 12.8. The van der Waals surface area contributed by atoms with Gasteiger partial charge in [0.25, 0.3) is 0 Å². The van der Waals surface area contributed by atoms with Gasteiger partial charge in [0, 0.05) is 24.0 Å². The van der Waals surface area contributed by atoms with Crippen LogP contribution in [0.1, 0.15) is 40.0 Å². The minimum absolute atomic E-state index is 0.125. The van der Waals surface area contributed by atoms with Crippen LogP contribution in [0.2, 0.25) is 0 Å². The molecule has 24 heavy (non-hydrogen) atoms. The zero-order valence-corrected chi connectivity index (χ0v) is 14.8. The summed E-state index contributed by atoms with van der Waals surface area (Å²) < 4.78 is 1.81. The van der Waals surface area contributed by atoms with Gasteiger partial charge in [-0.15, -0.1) is 0 Å². The van der Waals surface area contributed by atoms with E-state index in [1.54, 1.807) is 6.20 Å². The Hall–Kier alpha value is -2.10. The molecule has 0 spiro atoms. The van der Waals surface area contributed by atoms with E-state index in [9.17, 15) is 4.79 Å². The molecule has 0 saturated heterocycles. The lowest BCUT2D eigenvalue weighted by atomic mass is 9.70. The molecule has 128 valence electrons. The number of aromatic nitrogens is 2. The standard InChI is InChI=1S/C20H27N3O/c1-14(2)18-10-5-15(3)13-19(18)20(24)22-16-6-8-17(9-7-16)23-12-4-11-21-23/h4,6-9,11-12,14-15,18-19H,5,10,13H2,1-3H3,(H,22,24). The van der Waals surface area contributed by atoms with Crippen molar-refractivity contribution in [2.75, 3.05) is 5.32 Å². The molecule has 0 bridgehead atoms. The second kappa shape index (κ2) is 7.20. The lowest BCUT2D eigenvalue weighted by Crippen LogP contribution is -2.36. The molecule has 2 aromatic rings. The number of nitrogens with one attached hydrogen (secondary N) is 1. The van der Waals surface area contributed by atoms with Crippen molar-refractivity contribution in [1.29, 1.82) is 0 Å². The van der Waals surface area contributed by atoms with Crippen LogP contribution in [0.25, 0.3) is 5.69 Å². The Labute approximate surface area is 144 Å². The van der Waals surface area contributed by atoms with Crippen molar-refractivity contribution in [3.63, 3.8) is 0 Å². The number of carbonyl (C=O) groups excluding carboxylic acids is 1. The van der Waals surface area contributed by atoms with Gasteiger partial charge < -0.3 is 5.32 Å². The van der Waals surface area contributed by atoms with Crippen molar-refractivity contribution >= 4 is 11.6 Å². The first kappa shape index (κ1) is 16.7. The highest BCUT2D eigenvalue weighted by Crippen LogP contribution is 2.38. The molecule has 4 nitrogen and oxygen atoms in total. The number of rotatable bonds is 4. The van der Waals surface area contributed by atoms with Crippen molar-refractivity contribution in [3.8, 4) is 5.69 Å². The van der Waals surface area contributed by atoms with E-state index in [-0.39, 0.29) is 11.8 Å². The fourth-order valence-corrected chi connectivity index (χ4v) is 3.86. The number of nitrogens with zero attached hydrogens (tertiary/aromatic N) is 2. The number of benzene rings is 1. The molecule has 1 fully saturated rings. The number of carbonyl (C=O) groups is 1. The molecule has 1 aromatic heterocycles. The lowest BCUT2D eigenvalue weighted by Gasteiger charge is -2.36. The predicted molar refractivity (Wildman–Crippen MR) is 97.0 cm³/mol. The molecule has 3 atom stereocenters. The van der Waals surface area contributed by atoms with E-state index in [2.05, 4.69) is 31.2 Å². The molecule has 1 aromatic carbocycles. The topological polar surface area (TPSA) is 46.9 Å². The third-order valence-corrected chi connectivity index (χ3v) is 5.26. The second-order valence-corrected chi connectivity index (χ2v) is 7.42. The van der Waals surface area contributed by atoms with Gasteiger partial charge in [-0.2, -0.15) is 5.10 Å². The third-order valence-electron chi connectivity index (χ3n) is 5.26. The Morgan fingerprint density at radius 2 is 2.00 bits per heavy atom. The molecule has 0 aliphatic heterocycles. The first-order valence-electron chi connectivity index (χ1n) is 8.95. The fourth-order valence-electron chi connectivity index (χ4n) is 3.86. The summed E-state index contributed by atoms with van der Waals surface area (Å²) in [6.07, 6.45) is 7.07. The quantitative estimate of drug-likeness (QED) is 0.898. The minimum Gasteiger partial charge on any atom is -0.326 e. The summed E-state index contributed by atoms with van der Waals surface area (Å²) in [7, 11) is 0. The summed E-state index contributed by atoms with van der Waals surface area (Å²) in [6, 6.07) is 9.75. The van der Waals surface area contributed by atoms with Crippen LogP contribution in [-0.4, -0.2) is 15.7 Å². The molecule has 1 aliphatic carbocycles. The van der Waals surface area contributed by atoms with E-state index in [4.69, 9.17) is 0 Å². The van der Waals surface area contributed by atoms with Crippen LogP contribution in [-0.2, 0) is 4.79 Å². The molecule has 4 heteroatoms. The Kier molecular flexibility index (Phi) is 5.03.